The third kappa shape index (κ3) is 2.77. The highest BCUT2D eigenvalue weighted by Crippen LogP contribution is 2.47. The minimum atomic E-state index is 0.465. The van der Waals surface area contributed by atoms with Crippen molar-refractivity contribution in [1.82, 2.24) is 0 Å². The molecule has 2 rings (SSSR count). The molecule has 0 aliphatic heterocycles. The van der Waals surface area contributed by atoms with Gasteiger partial charge < -0.3 is 5.73 Å². The van der Waals surface area contributed by atoms with Crippen LogP contribution < -0.4 is 5.73 Å². The lowest BCUT2D eigenvalue weighted by molar-refractivity contribution is 0.165. The Balaban J connectivity index is 2.35. The highest BCUT2D eigenvalue weighted by molar-refractivity contribution is 5.34. The molecule has 1 aromatic rings. The van der Waals surface area contributed by atoms with Crippen molar-refractivity contribution in [2.75, 3.05) is 6.54 Å². The molecule has 2 unspecified atom stereocenters. The minimum absolute atomic E-state index is 0.465. The quantitative estimate of drug-likeness (QED) is 0.831. The molecule has 2 N–H and O–H groups in total. The first-order chi connectivity index (χ1) is 8.43. The number of benzene rings is 1. The molecule has 1 heteroatoms. The Morgan fingerprint density at radius 2 is 2.00 bits per heavy atom. The summed E-state index contributed by atoms with van der Waals surface area (Å²) < 4.78 is 0. The summed E-state index contributed by atoms with van der Waals surface area (Å²) in [6, 6.07) is 6.86. The molecular weight excluding hydrogens is 218 g/mol. The first kappa shape index (κ1) is 13.6. The standard InChI is InChI=1S/C17H27N/c1-12-5-6-13(2)15(9-12)16-10-17(3,4)8-7-14(16)11-18/h5-6,9,14,16H,7-8,10-11,18H2,1-4H3. The Morgan fingerprint density at radius 3 is 2.67 bits per heavy atom. The van der Waals surface area contributed by atoms with Crippen LogP contribution in [0.2, 0.25) is 0 Å². The van der Waals surface area contributed by atoms with E-state index in [1.807, 2.05) is 0 Å². The van der Waals surface area contributed by atoms with Gasteiger partial charge in [0.25, 0.3) is 0 Å². The summed E-state index contributed by atoms with van der Waals surface area (Å²) in [7, 11) is 0. The summed E-state index contributed by atoms with van der Waals surface area (Å²) in [5.74, 6) is 1.32. The lowest BCUT2D eigenvalue weighted by atomic mass is 9.64. The van der Waals surface area contributed by atoms with Gasteiger partial charge in [-0.25, -0.2) is 0 Å². The second-order valence-corrected chi connectivity index (χ2v) is 6.87. The monoisotopic (exact) mass is 245 g/mol. The van der Waals surface area contributed by atoms with Gasteiger partial charge in [0.05, 0.1) is 0 Å². The summed E-state index contributed by atoms with van der Waals surface area (Å²) in [4.78, 5) is 0. The number of hydrogen-bond acceptors (Lipinski definition) is 1. The van der Waals surface area contributed by atoms with Gasteiger partial charge in [0.2, 0.25) is 0 Å². The summed E-state index contributed by atoms with van der Waals surface area (Å²) >= 11 is 0. The van der Waals surface area contributed by atoms with Gasteiger partial charge in [0.15, 0.2) is 0 Å². The van der Waals surface area contributed by atoms with Gasteiger partial charge >= 0.3 is 0 Å². The molecule has 0 spiro atoms. The van der Waals surface area contributed by atoms with Crippen LogP contribution in [0.4, 0.5) is 0 Å². The highest BCUT2D eigenvalue weighted by Gasteiger charge is 2.35. The number of aryl methyl sites for hydroxylation is 2. The summed E-state index contributed by atoms with van der Waals surface area (Å²) in [5.41, 5.74) is 10.8. The van der Waals surface area contributed by atoms with Gasteiger partial charge in [-0.05, 0) is 68.0 Å². The molecule has 0 amide bonds. The molecule has 1 fully saturated rings. The van der Waals surface area contributed by atoms with Crippen LogP contribution in [-0.4, -0.2) is 6.54 Å². The molecule has 0 bridgehead atoms. The Kier molecular flexibility index (Phi) is 3.82. The molecule has 0 saturated heterocycles. The molecule has 0 heterocycles. The van der Waals surface area contributed by atoms with Gasteiger partial charge in [0, 0.05) is 0 Å². The van der Waals surface area contributed by atoms with Gasteiger partial charge in [-0.15, -0.1) is 0 Å². The van der Waals surface area contributed by atoms with Crippen LogP contribution in [0.15, 0.2) is 18.2 Å². The van der Waals surface area contributed by atoms with Crippen molar-refractivity contribution in [3.8, 4) is 0 Å². The van der Waals surface area contributed by atoms with Crippen molar-refractivity contribution in [2.45, 2.75) is 52.9 Å². The predicted octanol–water partition coefficient (Wildman–Crippen LogP) is 4.17. The fourth-order valence-electron chi connectivity index (χ4n) is 3.45. The van der Waals surface area contributed by atoms with Crippen LogP contribution >= 0.6 is 0 Å². The molecule has 1 saturated carbocycles. The van der Waals surface area contributed by atoms with Gasteiger partial charge in [-0.2, -0.15) is 0 Å². The first-order valence-electron chi connectivity index (χ1n) is 7.20. The SMILES string of the molecule is Cc1ccc(C)c(C2CC(C)(C)CCC2CN)c1. The minimum Gasteiger partial charge on any atom is -0.330 e. The topological polar surface area (TPSA) is 26.0 Å². The van der Waals surface area contributed by atoms with Gasteiger partial charge in [-0.3, -0.25) is 0 Å². The maximum absolute atomic E-state index is 6.01. The van der Waals surface area contributed by atoms with Crippen LogP contribution in [0, 0.1) is 25.2 Å². The summed E-state index contributed by atoms with van der Waals surface area (Å²) in [6.07, 6.45) is 3.87. The van der Waals surface area contributed by atoms with Crippen molar-refractivity contribution in [2.24, 2.45) is 17.1 Å². The lowest BCUT2D eigenvalue weighted by Crippen LogP contribution is -2.33. The predicted molar refractivity (Wildman–Crippen MR) is 78.8 cm³/mol. The van der Waals surface area contributed by atoms with Crippen LogP contribution in [0.25, 0.3) is 0 Å². The molecule has 0 aromatic heterocycles. The maximum Gasteiger partial charge on any atom is -0.00430 e. The van der Waals surface area contributed by atoms with Crippen LogP contribution in [0.1, 0.15) is 55.7 Å². The lowest BCUT2D eigenvalue weighted by Gasteiger charge is -2.41. The molecule has 1 aromatic carbocycles. The van der Waals surface area contributed by atoms with E-state index in [0.29, 0.717) is 17.3 Å². The number of rotatable bonds is 2. The van der Waals surface area contributed by atoms with Crippen LogP contribution in [0.3, 0.4) is 0 Å². The summed E-state index contributed by atoms with van der Waals surface area (Å²) in [6.45, 7) is 10.1. The third-order valence-electron chi connectivity index (χ3n) is 4.67. The Bertz CT molecular complexity index is 420. The van der Waals surface area contributed by atoms with Crippen molar-refractivity contribution >= 4 is 0 Å². The number of hydrogen-bond donors (Lipinski definition) is 1. The van der Waals surface area contributed by atoms with E-state index in [1.165, 1.54) is 30.4 Å². The van der Waals surface area contributed by atoms with E-state index < -0.39 is 0 Å². The third-order valence-corrected chi connectivity index (χ3v) is 4.67. The largest absolute Gasteiger partial charge is 0.330 e. The smallest absolute Gasteiger partial charge is 0.00430 e. The normalized spacial score (nSPS) is 27.2. The first-order valence-corrected chi connectivity index (χ1v) is 7.20. The Hall–Kier alpha value is -0.820. The van der Waals surface area contributed by atoms with Crippen molar-refractivity contribution < 1.29 is 0 Å². The summed E-state index contributed by atoms with van der Waals surface area (Å²) in [5, 5.41) is 0. The zero-order valence-electron chi connectivity index (χ0n) is 12.3. The van der Waals surface area contributed by atoms with Crippen molar-refractivity contribution in [1.29, 1.82) is 0 Å². The second-order valence-electron chi connectivity index (χ2n) is 6.87. The molecule has 2 atom stereocenters. The zero-order valence-corrected chi connectivity index (χ0v) is 12.3. The van der Waals surface area contributed by atoms with Crippen molar-refractivity contribution in [3.63, 3.8) is 0 Å². The van der Waals surface area contributed by atoms with E-state index >= 15 is 0 Å². The van der Waals surface area contributed by atoms with Crippen LogP contribution in [-0.2, 0) is 0 Å². The molecular formula is C17H27N. The second kappa shape index (κ2) is 5.05. The maximum atomic E-state index is 6.01. The molecule has 100 valence electrons. The molecule has 0 radical (unpaired) electrons. The average molecular weight is 245 g/mol. The molecule has 18 heavy (non-hydrogen) atoms. The van der Waals surface area contributed by atoms with E-state index in [9.17, 15) is 0 Å². The van der Waals surface area contributed by atoms with Gasteiger partial charge in [-0.1, -0.05) is 37.6 Å². The average Bonchev–Trinajstić information content (AvgIpc) is 2.31. The fourth-order valence-corrected chi connectivity index (χ4v) is 3.45. The Morgan fingerprint density at radius 1 is 1.28 bits per heavy atom. The number of nitrogens with two attached hydrogens (primary N) is 1. The van der Waals surface area contributed by atoms with E-state index in [1.54, 1.807) is 5.56 Å². The highest BCUT2D eigenvalue weighted by atomic mass is 14.6. The van der Waals surface area contributed by atoms with Crippen molar-refractivity contribution in [3.05, 3.63) is 34.9 Å². The van der Waals surface area contributed by atoms with E-state index in [0.717, 1.165) is 6.54 Å². The van der Waals surface area contributed by atoms with E-state index in [4.69, 9.17) is 5.73 Å². The fraction of sp³-hybridized carbons (Fsp3) is 0.647. The van der Waals surface area contributed by atoms with Crippen LogP contribution in [0.5, 0.6) is 0 Å². The van der Waals surface area contributed by atoms with E-state index in [-0.39, 0.29) is 0 Å². The zero-order chi connectivity index (χ0) is 13.3. The Labute approximate surface area is 112 Å². The van der Waals surface area contributed by atoms with Gasteiger partial charge in [0.1, 0.15) is 0 Å². The molecule has 1 nitrogen and oxygen atoms in total. The molecule has 1 aliphatic carbocycles. The molecule has 1 aliphatic rings. The van der Waals surface area contributed by atoms with E-state index in [2.05, 4.69) is 45.9 Å².